The largest absolute Gasteiger partial charge is 0.367 e. The maximum absolute atomic E-state index is 13.1. The van der Waals surface area contributed by atoms with Gasteiger partial charge in [0.25, 0.3) is 5.91 Å². The Labute approximate surface area is 145 Å². The van der Waals surface area contributed by atoms with Crippen molar-refractivity contribution in [3.63, 3.8) is 0 Å². The summed E-state index contributed by atoms with van der Waals surface area (Å²) in [4.78, 5) is 16.4. The number of aromatic nitrogens is 2. The van der Waals surface area contributed by atoms with E-state index < -0.39 is 0 Å². The van der Waals surface area contributed by atoms with E-state index in [1.54, 1.807) is 30.1 Å². The molecular weight excluding hydrogens is 321 g/mol. The first kappa shape index (κ1) is 16.9. The first-order valence-electron chi connectivity index (χ1n) is 7.82. The molecule has 0 saturated heterocycles. The molecule has 0 aliphatic heterocycles. The third-order valence-electron chi connectivity index (χ3n) is 3.66. The number of carbonyl (C=O) groups is 1. The number of halogens is 1. The van der Waals surface area contributed by atoms with Gasteiger partial charge in [-0.2, -0.15) is 0 Å². The maximum atomic E-state index is 13.1. The molecule has 5 nitrogen and oxygen atoms in total. The van der Waals surface area contributed by atoms with E-state index in [9.17, 15) is 9.18 Å². The summed E-state index contributed by atoms with van der Waals surface area (Å²) in [6.07, 6.45) is 1.60. The van der Waals surface area contributed by atoms with Crippen molar-refractivity contribution in [2.45, 2.75) is 6.61 Å². The Morgan fingerprint density at radius 3 is 2.60 bits per heavy atom. The normalized spacial score (nSPS) is 10.6. The van der Waals surface area contributed by atoms with Gasteiger partial charge in [-0.15, -0.1) is 0 Å². The molecule has 25 heavy (non-hydrogen) atoms. The van der Waals surface area contributed by atoms with Crippen molar-refractivity contribution in [2.24, 2.45) is 7.05 Å². The van der Waals surface area contributed by atoms with Crippen LogP contribution < -0.4 is 5.32 Å². The smallest absolute Gasteiger partial charge is 0.251 e. The highest BCUT2D eigenvalue weighted by atomic mass is 19.1. The number of carbonyl (C=O) groups excluding carboxylic acids is 1. The maximum Gasteiger partial charge on any atom is 0.251 e. The van der Waals surface area contributed by atoms with Crippen molar-refractivity contribution in [2.75, 3.05) is 11.9 Å². The predicted octanol–water partition coefficient (Wildman–Crippen LogP) is 3.38. The summed E-state index contributed by atoms with van der Waals surface area (Å²) < 4.78 is 20.2. The Bertz CT molecular complexity index is 845. The van der Waals surface area contributed by atoms with Crippen molar-refractivity contribution >= 4 is 11.7 Å². The second-order valence-electron chi connectivity index (χ2n) is 5.59. The molecule has 6 heteroatoms. The molecule has 0 saturated carbocycles. The first-order chi connectivity index (χ1) is 12.1. The summed E-state index contributed by atoms with van der Waals surface area (Å²) >= 11 is 0. The Balaban J connectivity index is 1.63. The molecule has 1 aromatic heterocycles. The summed E-state index contributed by atoms with van der Waals surface area (Å²) in [6, 6.07) is 15.6. The van der Waals surface area contributed by atoms with E-state index in [0.29, 0.717) is 18.1 Å². The van der Waals surface area contributed by atoms with Crippen LogP contribution in [0.1, 0.15) is 5.56 Å². The summed E-state index contributed by atoms with van der Waals surface area (Å²) in [7, 11) is 1.78. The van der Waals surface area contributed by atoms with Crippen LogP contribution in [0.3, 0.4) is 0 Å². The number of amides is 1. The van der Waals surface area contributed by atoms with Crippen molar-refractivity contribution in [3.8, 4) is 11.3 Å². The van der Waals surface area contributed by atoms with Gasteiger partial charge in [0.05, 0.1) is 12.9 Å². The molecule has 2 aromatic carbocycles. The molecule has 0 spiro atoms. The van der Waals surface area contributed by atoms with E-state index in [1.807, 2.05) is 30.3 Å². The van der Waals surface area contributed by atoms with Gasteiger partial charge in [0.15, 0.2) is 0 Å². The van der Waals surface area contributed by atoms with Gasteiger partial charge in [-0.3, -0.25) is 4.79 Å². The highest BCUT2D eigenvalue weighted by Crippen LogP contribution is 2.26. The lowest BCUT2D eigenvalue weighted by atomic mass is 10.1. The minimum absolute atomic E-state index is 0.0665. The third-order valence-corrected chi connectivity index (χ3v) is 3.66. The molecule has 1 N–H and O–H groups in total. The second kappa shape index (κ2) is 7.72. The number of rotatable bonds is 6. The SMILES string of the molecule is Cn1cnc(-c2ccc(F)cc2)c1NC(=O)COCc1ccccc1. The van der Waals surface area contributed by atoms with Crippen LogP contribution >= 0.6 is 0 Å². The van der Waals surface area contributed by atoms with Gasteiger partial charge < -0.3 is 14.6 Å². The number of nitrogens with one attached hydrogen (secondary N) is 1. The number of ether oxygens (including phenoxy) is 1. The minimum atomic E-state index is -0.320. The topological polar surface area (TPSA) is 56.2 Å². The molecule has 0 bridgehead atoms. The van der Waals surface area contributed by atoms with E-state index in [1.165, 1.54) is 12.1 Å². The highest BCUT2D eigenvalue weighted by Gasteiger charge is 2.14. The van der Waals surface area contributed by atoms with E-state index in [2.05, 4.69) is 10.3 Å². The van der Waals surface area contributed by atoms with Gasteiger partial charge >= 0.3 is 0 Å². The Morgan fingerprint density at radius 2 is 1.88 bits per heavy atom. The Kier molecular flexibility index (Phi) is 5.20. The average Bonchev–Trinajstić information content (AvgIpc) is 2.97. The van der Waals surface area contributed by atoms with Gasteiger partial charge in [-0.25, -0.2) is 9.37 Å². The van der Waals surface area contributed by atoms with Crippen LogP contribution in [-0.2, 0) is 23.2 Å². The van der Waals surface area contributed by atoms with Crippen LogP contribution in [0.25, 0.3) is 11.3 Å². The predicted molar refractivity (Wildman–Crippen MR) is 93.3 cm³/mol. The van der Waals surface area contributed by atoms with Crippen LogP contribution in [0, 0.1) is 5.82 Å². The molecule has 3 rings (SSSR count). The molecule has 0 radical (unpaired) electrons. The van der Waals surface area contributed by atoms with E-state index in [4.69, 9.17) is 4.74 Å². The summed E-state index contributed by atoms with van der Waals surface area (Å²) in [5, 5.41) is 2.80. The number of anilines is 1. The Morgan fingerprint density at radius 1 is 1.16 bits per heavy atom. The number of hydrogen-bond donors (Lipinski definition) is 1. The lowest BCUT2D eigenvalue weighted by molar-refractivity contribution is -0.121. The molecule has 1 heterocycles. The van der Waals surface area contributed by atoms with E-state index in [0.717, 1.165) is 11.1 Å². The lowest BCUT2D eigenvalue weighted by Gasteiger charge is -2.09. The van der Waals surface area contributed by atoms with Gasteiger partial charge in [-0.1, -0.05) is 30.3 Å². The van der Waals surface area contributed by atoms with Gasteiger partial charge in [0.1, 0.15) is 23.9 Å². The number of hydrogen-bond acceptors (Lipinski definition) is 3. The molecule has 0 aliphatic carbocycles. The van der Waals surface area contributed by atoms with E-state index in [-0.39, 0.29) is 18.3 Å². The van der Waals surface area contributed by atoms with Gasteiger partial charge in [0, 0.05) is 12.6 Å². The third kappa shape index (κ3) is 4.30. The zero-order chi connectivity index (χ0) is 17.6. The molecule has 0 fully saturated rings. The zero-order valence-corrected chi connectivity index (χ0v) is 13.8. The fourth-order valence-corrected chi connectivity index (χ4v) is 2.40. The van der Waals surface area contributed by atoms with Crippen LogP contribution in [0.2, 0.25) is 0 Å². The number of imidazole rings is 1. The number of nitrogens with zero attached hydrogens (tertiary/aromatic N) is 2. The summed E-state index contributed by atoms with van der Waals surface area (Å²) in [6.45, 7) is 0.299. The number of aryl methyl sites for hydroxylation is 1. The lowest BCUT2D eigenvalue weighted by Crippen LogP contribution is -2.20. The average molecular weight is 339 g/mol. The Hall–Kier alpha value is -2.99. The van der Waals surface area contributed by atoms with Gasteiger partial charge in [0.2, 0.25) is 0 Å². The van der Waals surface area contributed by atoms with Crippen LogP contribution in [-0.4, -0.2) is 22.1 Å². The van der Waals surface area contributed by atoms with Crippen molar-refractivity contribution in [1.82, 2.24) is 9.55 Å². The van der Waals surface area contributed by atoms with Crippen molar-refractivity contribution < 1.29 is 13.9 Å². The standard InChI is InChI=1S/C19H18FN3O2/c1-23-13-21-18(15-7-9-16(20)10-8-15)19(23)22-17(24)12-25-11-14-5-3-2-4-6-14/h2-10,13H,11-12H2,1H3,(H,22,24). The molecule has 128 valence electrons. The molecular formula is C19H18FN3O2. The summed E-state index contributed by atoms with van der Waals surface area (Å²) in [5.74, 6) is -0.0533. The van der Waals surface area contributed by atoms with E-state index >= 15 is 0 Å². The quantitative estimate of drug-likeness (QED) is 0.749. The van der Waals surface area contributed by atoms with Crippen molar-refractivity contribution in [1.29, 1.82) is 0 Å². The molecule has 0 unspecified atom stereocenters. The first-order valence-corrected chi connectivity index (χ1v) is 7.82. The second-order valence-corrected chi connectivity index (χ2v) is 5.59. The van der Waals surface area contributed by atoms with Crippen LogP contribution in [0.4, 0.5) is 10.2 Å². The van der Waals surface area contributed by atoms with Crippen LogP contribution in [0.5, 0.6) is 0 Å². The monoisotopic (exact) mass is 339 g/mol. The summed E-state index contributed by atoms with van der Waals surface area (Å²) in [5.41, 5.74) is 2.31. The fourth-order valence-electron chi connectivity index (χ4n) is 2.40. The van der Waals surface area contributed by atoms with Crippen LogP contribution in [0.15, 0.2) is 60.9 Å². The molecule has 3 aromatic rings. The highest BCUT2D eigenvalue weighted by molar-refractivity contribution is 5.94. The zero-order valence-electron chi connectivity index (χ0n) is 13.8. The molecule has 0 aliphatic rings. The molecule has 0 atom stereocenters. The van der Waals surface area contributed by atoms with Gasteiger partial charge in [-0.05, 0) is 29.8 Å². The number of benzene rings is 2. The minimum Gasteiger partial charge on any atom is -0.367 e. The fraction of sp³-hybridized carbons (Fsp3) is 0.158. The molecule has 1 amide bonds. The van der Waals surface area contributed by atoms with Crippen molar-refractivity contribution in [3.05, 3.63) is 72.3 Å².